The second kappa shape index (κ2) is 4.55. The van der Waals surface area contributed by atoms with Crippen LogP contribution in [0.25, 0.3) is 11.3 Å². The number of benzene rings is 1. The van der Waals surface area contributed by atoms with E-state index < -0.39 is 5.82 Å². The molecule has 0 aliphatic heterocycles. The van der Waals surface area contributed by atoms with Crippen LogP contribution >= 0.6 is 11.6 Å². The van der Waals surface area contributed by atoms with Crippen molar-refractivity contribution in [3.05, 3.63) is 47.1 Å². The van der Waals surface area contributed by atoms with Crippen molar-refractivity contribution in [3.63, 3.8) is 0 Å². The first-order valence-electron chi connectivity index (χ1n) is 4.59. The van der Waals surface area contributed by atoms with Crippen LogP contribution in [0.3, 0.4) is 0 Å². The zero-order chi connectivity index (χ0) is 11.5. The first-order chi connectivity index (χ1) is 7.72. The van der Waals surface area contributed by atoms with Gasteiger partial charge < -0.3 is 5.11 Å². The predicted molar refractivity (Wildman–Crippen MR) is 58.4 cm³/mol. The summed E-state index contributed by atoms with van der Waals surface area (Å²) in [7, 11) is 0. The molecule has 0 bridgehead atoms. The standard InChI is InChI=1S/C11H8ClFN2O/c12-11-14-5-4-9(15-11)8-3-1-2-7(6-16)10(8)13/h1-5,16H,6H2. The van der Waals surface area contributed by atoms with Crippen molar-refractivity contribution in [3.8, 4) is 11.3 Å². The maximum absolute atomic E-state index is 13.8. The molecular formula is C11H8ClFN2O. The Kier molecular flexibility index (Phi) is 3.12. The molecule has 2 aromatic rings. The van der Waals surface area contributed by atoms with Crippen LogP contribution in [-0.4, -0.2) is 15.1 Å². The maximum Gasteiger partial charge on any atom is 0.222 e. The molecule has 0 aliphatic carbocycles. The van der Waals surface area contributed by atoms with Gasteiger partial charge in [-0.15, -0.1) is 0 Å². The lowest BCUT2D eigenvalue weighted by Crippen LogP contribution is -1.95. The second-order valence-electron chi connectivity index (χ2n) is 3.15. The molecule has 1 N–H and O–H groups in total. The summed E-state index contributed by atoms with van der Waals surface area (Å²) in [6, 6.07) is 6.31. The van der Waals surface area contributed by atoms with E-state index in [0.29, 0.717) is 11.3 Å². The molecule has 0 spiro atoms. The molecule has 16 heavy (non-hydrogen) atoms. The molecule has 1 aromatic heterocycles. The van der Waals surface area contributed by atoms with Crippen molar-refractivity contribution < 1.29 is 9.50 Å². The van der Waals surface area contributed by atoms with Gasteiger partial charge in [-0.2, -0.15) is 0 Å². The predicted octanol–water partition coefficient (Wildman–Crippen LogP) is 2.43. The topological polar surface area (TPSA) is 46.0 Å². The fraction of sp³-hybridized carbons (Fsp3) is 0.0909. The van der Waals surface area contributed by atoms with Gasteiger partial charge in [-0.1, -0.05) is 12.1 Å². The van der Waals surface area contributed by atoms with E-state index in [0.717, 1.165) is 0 Å². The van der Waals surface area contributed by atoms with Crippen molar-refractivity contribution in [1.29, 1.82) is 0 Å². The molecule has 0 saturated carbocycles. The normalized spacial score (nSPS) is 10.4. The molecule has 0 aliphatic rings. The first kappa shape index (κ1) is 11.0. The molecule has 0 atom stereocenters. The number of rotatable bonds is 2. The third-order valence-electron chi connectivity index (χ3n) is 2.15. The number of aromatic nitrogens is 2. The summed E-state index contributed by atoms with van der Waals surface area (Å²) < 4.78 is 13.8. The van der Waals surface area contributed by atoms with Crippen LogP contribution in [0.15, 0.2) is 30.5 Å². The van der Waals surface area contributed by atoms with E-state index in [1.165, 1.54) is 12.3 Å². The summed E-state index contributed by atoms with van der Waals surface area (Å²) in [5, 5.41) is 9.01. The van der Waals surface area contributed by atoms with Gasteiger partial charge >= 0.3 is 0 Å². The van der Waals surface area contributed by atoms with E-state index >= 15 is 0 Å². The average Bonchev–Trinajstić information content (AvgIpc) is 2.29. The summed E-state index contributed by atoms with van der Waals surface area (Å²) >= 11 is 5.63. The zero-order valence-corrected chi connectivity index (χ0v) is 8.95. The number of halogens is 2. The zero-order valence-electron chi connectivity index (χ0n) is 8.19. The highest BCUT2D eigenvalue weighted by molar-refractivity contribution is 6.28. The van der Waals surface area contributed by atoms with E-state index in [1.54, 1.807) is 18.2 Å². The Hall–Kier alpha value is -1.52. The minimum Gasteiger partial charge on any atom is -0.392 e. The smallest absolute Gasteiger partial charge is 0.222 e. The summed E-state index contributed by atoms with van der Waals surface area (Å²) in [5.41, 5.74) is 0.927. The summed E-state index contributed by atoms with van der Waals surface area (Å²) in [6.07, 6.45) is 1.45. The lowest BCUT2D eigenvalue weighted by atomic mass is 10.1. The molecule has 0 unspecified atom stereocenters. The molecule has 0 radical (unpaired) electrons. The molecule has 3 nitrogen and oxygen atoms in total. The maximum atomic E-state index is 13.8. The van der Waals surface area contributed by atoms with Gasteiger partial charge in [0.2, 0.25) is 5.28 Å². The van der Waals surface area contributed by atoms with Gasteiger partial charge in [0.05, 0.1) is 12.3 Å². The SMILES string of the molecule is OCc1cccc(-c2ccnc(Cl)n2)c1F. The van der Waals surface area contributed by atoms with Gasteiger partial charge in [-0.3, -0.25) is 0 Å². The van der Waals surface area contributed by atoms with Crippen LogP contribution in [0.4, 0.5) is 4.39 Å². The van der Waals surface area contributed by atoms with E-state index in [1.807, 2.05) is 0 Å². The minimum atomic E-state index is -0.486. The van der Waals surface area contributed by atoms with Gasteiger partial charge in [-0.05, 0) is 23.7 Å². The van der Waals surface area contributed by atoms with Crippen molar-refractivity contribution in [2.24, 2.45) is 0 Å². The molecule has 0 saturated heterocycles. The summed E-state index contributed by atoms with van der Waals surface area (Å²) in [4.78, 5) is 7.63. The minimum absolute atomic E-state index is 0.0614. The molecule has 0 fully saturated rings. The molecule has 5 heteroatoms. The largest absolute Gasteiger partial charge is 0.392 e. The number of hydrogen-bond acceptors (Lipinski definition) is 3. The lowest BCUT2D eigenvalue weighted by molar-refractivity contribution is 0.276. The average molecular weight is 239 g/mol. The van der Waals surface area contributed by atoms with Crippen molar-refractivity contribution in [2.75, 3.05) is 0 Å². The van der Waals surface area contributed by atoms with Crippen LogP contribution in [0.5, 0.6) is 0 Å². The van der Waals surface area contributed by atoms with Crippen LogP contribution in [0.2, 0.25) is 5.28 Å². The Bertz CT molecular complexity index is 519. The molecule has 82 valence electrons. The Morgan fingerprint density at radius 1 is 1.31 bits per heavy atom. The highest BCUT2D eigenvalue weighted by Gasteiger charge is 2.10. The Labute approximate surface area is 96.6 Å². The first-order valence-corrected chi connectivity index (χ1v) is 4.97. The fourth-order valence-electron chi connectivity index (χ4n) is 1.38. The third kappa shape index (κ3) is 2.03. The highest BCUT2D eigenvalue weighted by atomic mass is 35.5. The van der Waals surface area contributed by atoms with Crippen LogP contribution in [-0.2, 0) is 6.61 Å². The monoisotopic (exact) mass is 238 g/mol. The van der Waals surface area contributed by atoms with E-state index in [4.69, 9.17) is 16.7 Å². The number of hydrogen-bond donors (Lipinski definition) is 1. The molecular weight excluding hydrogens is 231 g/mol. The van der Waals surface area contributed by atoms with Crippen LogP contribution in [0.1, 0.15) is 5.56 Å². The number of aliphatic hydroxyl groups is 1. The second-order valence-corrected chi connectivity index (χ2v) is 3.49. The van der Waals surface area contributed by atoms with Crippen LogP contribution in [0, 0.1) is 5.82 Å². The van der Waals surface area contributed by atoms with Crippen LogP contribution < -0.4 is 0 Å². The third-order valence-corrected chi connectivity index (χ3v) is 2.33. The molecule has 2 rings (SSSR count). The highest BCUT2D eigenvalue weighted by Crippen LogP contribution is 2.23. The van der Waals surface area contributed by atoms with E-state index in [9.17, 15) is 4.39 Å². The quantitative estimate of drug-likeness (QED) is 0.818. The number of nitrogens with zero attached hydrogens (tertiary/aromatic N) is 2. The molecule has 0 amide bonds. The van der Waals surface area contributed by atoms with Gasteiger partial charge in [0, 0.05) is 17.3 Å². The Morgan fingerprint density at radius 2 is 2.12 bits per heavy atom. The number of aliphatic hydroxyl groups excluding tert-OH is 1. The van der Waals surface area contributed by atoms with Crippen molar-refractivity contribution in [1.82, 2.24) is 9.97 Å². The summed E-state index contributed by atoms with van der Waals surface area (Å²) in [5.74, 6) is -0.486. The van der Waals surface area contributed by atoms with Gasteiger partial charge in [0.25, 0.3) is 0 Å². The fourth-order valence-corrected chi connectivity index (χ4v) is 1.53. The van der Waals surface area contributed by atoms with E-state index in [2.05, 4.69) is 9.97 Å². The van der Waals surface area contributed by atoms with Crippen molar-refractivity contribution >= 4 is 11.6 Å². The van der Waals surface area contributed by atoms with Gasteiger partial charge in [0.15, 0.2) is 0 Å². The molecule has 1 aromatic carbocycles. The summed E-state index contributed by atoms with van der Waals surface area (Å²) in [6.45, 7) is -0.349. The van der Waals surface area contributed by atoms with Gasteiger partial charge in [-0.25, -0.2) is 14.4 Å². The molecule has 1 heterocycles. The van der Waals surface area contributed by atoms with Gasteiger partial charge in [0.1, 0.15) is 5.82 Å². The Balaban J connectivity index is 2.56. The lowest BCUT2D eigenvalue weighted by Gasteiger charge is -2.05. The Morgan fingerprint density at radius 3 is 2.81 bits per heavy atom. The van der Waals surface area contributed by atoms with E-state index in [-0.39, 0.29) is 17.5 Å². The van der Waals surface area contributed by atoms with Crippen molar-refractivity contribution in [2.45, 2.75) is 6.61 Å².